The molecule has 0 radical (unpaired) electrons. The number of aliphatic imine (C=N–C) groups is 1. The number of nitrogens with zero attached hydrogens (tertiary/aromatic N) is 1. The smallest absolute Gasteiger partial charge is 0.305 e. The lowest BCUT2D eigenvalue weighted by molar-refractivity contribution is -0.140. The van der Waals surface area contributed by atoms with Crippen LogP contribution in [-0.2, 0) is 14.3 Å². The summed E-state index contributed by atoms with van der Waals surface area (Å²) in [5.41, 5.74) is 0.338. The minimum atomic E-state index is -0.341. The van der Waals surface area contributed by atoms with Crippen molar-refractivity contribution in [3.8, 4) is 0 Å². The zero-order chi connectivity index (χ0) is 8.69. The van der Waals surface area contributed by atoms with E-state index in [1.165, 1.54) is 13.2 Å². The van der Waals surface area contributed by atoms with Gasteiger partial charge in [0.1, 0.15) is 0 Å². The molecule has 60 valence electrons. The van der Waals surface area contributed by atoms with Crippen LogP contribution in [0.15, 0.2) is 17.3 Å². The highest BCUT2D eigenvalue weighted by Crippen LogP contribution is 2.02. The van der Waals surface area contributed by atoms with E-state index >= 15 is 0 Å². The maximum absolute atomic E-state index is 10.5. The molecule has 0 aromatic carbocycles. The van der Waals surface area contributed by atoms with Crippen molar-refractivity contribution in [2.45, 2.75) is 12.8 Å². The fraction of sp³-hybridized carbons (Fsp3) is 0.429. The van der Waals surface area contributed by atoms with Gasteiger partial charge in [-0.1, -0.05) is 6.58 Å². The Kier molecular flexibility index (Phi) is 4.69. The van der Waals surface area contributed by atoms with Crippen LogP contribution in [0.1, 0.15) is 12.8 Å². The van der Waals surface area contributed by atoms with Gasteiger partial charge in [0, 0.05) is 12.1 Å². The van der Waals surface area contributed by atoms with Crippen molar-refractivity contribution in [3.05, 3.63) is 12.3 Å². The SMILES string of the molecule is C=C(CCC(=O)OC)N=C=O. The van der Waals surface area contributed by atoms with Crippen LogP contribution < -0.4 is 0 Å². The highest BCUT2D eigenvalue weighted by atomic mass is 16.5. The second-order valence-electron chi connectivity index (χ2n) is 1.85. The molecule has 0 aliphatic rings. The summed E-state index contributed by atoms with van der Waals surface area (Å²) in [7, 11) is 1.30. The van der Waals surface area contributed by atoms with Crippen LogP contribution in [0.3, 0.4) is 0 Å². The molecule has 0 aliphatic carbocycles. The summed E-state index contributed by atoms with van der Waals surface area (Å²) >= 11 is 0. The number of methoxy groups -OCH3 is 1. The fourth-order valence-corrected chi connectivity index (χ4v) is 0.469. The number of allylic oxidation sites excluding steroid dienone is 1. The van der Waals surface area contributed by atoms with Crippen molar-refractivity contribution in [1.29, 1.82) is 0 Å². The van der Waals surface area contributed by atoms with E-state index in [2.05, 4.69) is 16.3 Å². The number of isocyanates is 1. The molecule has 4 heteroatoms. The Morgan fingerprint density at radius 3 is 2.73 bits per heavy atom. The minimum absolute atomic E-state index is 0.195. The first-order chi connectivity index (χ1) is 5.20. The average Bonchev–Trinajstić information content (AvgIpc) is 2.01. The van der Waals surface area contributed by atoms with E-state index in [4.69, 9.17) is 0 Å². The number of ether oxygens (including phenoxy) is 1. The molecule has 0 N–H and O–H groups in total. The van der Waals surface area contributed by atoms with E-state index in [0.29, 0.717) is 12.1 Å². The average molecular weight is 155 g/mol. The fourth-order valence-electron chi connectivity index (χ4n) is 0.469. The summed E-state index contributed by atoms with van der Waals surface area (Å²) < 4.78 is 4.36. The predicted molar refractivity (Wildman–Crippen MR) is 38.5 cm³/mol. The highest BCUT2D eigenvalue weighted by Gasteiger charge is 2.00. The van der Waals surface area contributed by atoms with E-state index in [1.54, 1.807) is 0 Å². The van der Waals surface area contributed by atoms with Gasteiger partial charge in [0.25, 0.3) is 0 Å². The van der Waals surface area contributed by atoms with Crippen molar-refractivity contribution >= 4 is 12.0 Å². The highest BCUT2D eigenvalue weighted by molar-refractivity contribution is 5.69. The van der Waals surface area contributed by atoms with Crippen molar-refractivity contribution in [2.75, 3.05) is 7.11 Å². The van der Waals surface area contributed by atoms with Crippen LogP contribution in [0.25, 0.3) is 0 Å². The van der Waals surface area contributed by atoms with Crippen molar-refractivity contribution in [3.63, 3.8) is 0 Å². The van der Waals surface area contributed by atoms with E-state index in [9.17, 15) is 9.59 Å². The number of hydrogen-bond acceptors (Lipinski definition) is 4. The van der Waals surface area contributed by atoms with E-state index in [0.717, 1.165) is 0 Å². The third kappa shape index (κ3) is 5.06. The van der Waals surface area contributed by atoms with Gasteiger partial charge in [-0.2, -0.15) is 4.99 Å². The molecule has 0 aromatic rings. The zero-order valence-electron chi connectivity index (χ0n) is 6.29. The number of hydrogen-bond donors (Lipinski definition) is 0. The second kappa shape index (κ2) is 5.38. The summed E-state index contributed by atoms with van der Waals surface area (Å²) in [6, 6.07) is 0. The largest absolute Gasteiger partial charge is 0.469 e. The Morgan fingerprint density at radius 1 is 1.64 bits per heavy atom. The number of carbonyl (C=O) groups excluding carboxylic acids is 2. The monoisotopic (exact) mass is 155 g/mol. The van der Waals surface area contributed by atoms with Crippen molar-refractivity contribution in [1.82, 2.24) is 0 Å². The quantitative estimate of drug-likeness (QED) is 0.342. The number of esters is 1. The predicted octanol–water partition coefficient (Wildman–Crippen LogP) is 0.789. The molecule has 0 spiro atoms. The van der Waals surface area contributed by atoms with E-state index < -0.39 is 0 Å². The normalized spacial score (nSPS) is 8.09. The number of rotatable bonds is 4. The Hall–Kier alpha value is -1.41. The third-order valence-electron chi connectivity index (χ3n) is 1.05. The molecule has 0 amide bonds. The van der Waals surface area contributed by atoms with Gasteiger partial charge in [0.2, 0.25) is 6.08 Å². The summed E-state index contributed by atoms with van der Waals surface area (Å²) in [5.74, 6) is -0.341. The van der Waals surface area contributed by atoms with Crippen LogP contribution in [0.2, 0.25) is 0 Å². The maximum Gasteiger partial charge on any atom is 0.305 e. The van der Waals surface area contributed by atoms with Gasteiger partial charge >= 0.3 is 5.97 Å². The first-order valence-corrected chi connectivity index (χ1v) is 3.03. The first kappa shape index (κ1) is 9.59. The molecule has 0 atom stereocenters. The molecule has 0 heterocycles. The summed E-state index contributed by atoms with van der Waals surface area (Å²) in [5, 5.41) is 0. The van der Waals surface area contributed by atoms with E-state index in [1.807, 2.05) is 0 Å². The van der Waals surface area contributed by atoms with Gasteiger partial charge in [-0.05, 0) is 0 Å². The molecule has 0 unspecified atom stereocenters. The van der Waals surface area contributed by atoms with Crippen molar-refractivity contribution in [2.24, 2.45) is 4.99 Å². The van der Waals surface area contributed by atoms with Gasteiger partial charge < -0.3 is 4.74 Å². The Labute approximate surface area is 64.6 Å². The number of carbonyl (C=O) groups is 1. The van der Waals surface area contributed by atoms with Gasteiger partial charge in [-0.15, -0.1) is 0 Å². The van der Waals surface area contributed by atoms with Crippen molar-refractivity contribution < 1.29 is 14.3 Å². The Balaban J connectivity index is 3.62. The Bertz CT molecular complexity index is 204. The van der Waals surface area contributed by atoms with Crippen LogP contribution in [-0.4, -0.2) is 19.2 Å². The lowest BCUT2D eigenvalue weighted by Crippen LogP contribution is -1.99. The molecule has 0 aliphatic heterocycles. The molecular weight excluding hydrogens is 146 g/mol. The second-order valence-corrected chi connectivity index (χ2v) is 1.85. The van der Waals surface area contributed by atoms with Crippen LogP contribution >= 0.6 is 0 Å². The topological polar surface area (TPSA) is 55.7 Å². The van der Waals surface area contributed by atoms with Crippen LogP contribution in [0, 0.1) is 0 Å². The lowest BCUT2D eigenvalue weighted by Gasteiger charge is -1.96. The van der Waals surface area contributed by atoms with Gasteiger partial charge in [-0.25, -0.2) is 4.79 Å². The van der Waals surface area contributed by atoms with Crippen LogP contribution in [0.4, 0.5) is 0 Å². The Morgan fingerprint density at radius 2 is 2.27 bits per heavy atom. The van der Waals surface area contributed by atoms with Gasteiger partial charge in [0.15, 0.2) is 0 Å². The van der Waals surface area contributed by atoms with Gasteiger partial charge in [0.05, 0.1) is 13.5 Å². The molecule has 0 fully saturated rings. The molecule has 0 saturated carbocycles. The standard InChI is InChI=1S/C7H9NO3/c1-6(8-5-9)3-4-7(10)11-2/h1,3-4H2,2H3. The molecule has 11 heavy (non-hydrogen) atoms. The van der Waals surface area contributed by atoms with Crippen LogP contribution in [0.5, 0.6) is 0 Å². The summed E-state index contributed by atoms with van der Waals surface area (Å²) in [6.07, 6.45) is 1.86. The molecule has 0 saturated heterocycles. The molecule has 0 rings (SSSR count). The summed E-state index contributed by atoms with van der Waals surface area (Å²) in [6.45, 7) is 3.41. The molecule has 4 nitrogen and oxygen atoms in total. The van der Waals surface area contributed by atoms with Gasteiger partial charge in [-0.3, -0.25) is 4.79 Å². The lowest BCUT2D eigenvalue weighted by atomic mass is 10.3. The zero-order valence-corrected chi connectivity index (χ0v) is 6.29. The summed E-state index contributed by atoms with van der Waals surface area (Å²) in [4.78, 5) is 23.4. The molecular formula is C7H9NO3. The molecule has 0 aromatic heterocycles. The third-order valence-corrected chi connectivity index (χ3v) is 1.05. The molecule has 0 bridgehead atoms. The van der Waals surface area contributed by atoms with E-state index in [-0.39, 0.29) is 12.4 Å². The maximum atomic E-state index is 10.5. The minimum Gasteiger partial charge on any atom is -0.469 e. The first-order valence-electron chi connectivity index (χ1n) is 3.03.